The van der Waals surface area contributed by atoms with Crippen LogP contribution in [0.25, 0.3) is 0 Å². The molecular formula is C22H25N5O5. The van der Waals surface area contributed by atoms with Crippen LogP contribution in [0.1, 0.15) is 36.7 Å². The van der Waals surface area contributed by atoms with Crippen molar-refractivity contribution in [3.8, 4) is 6.07 Å². The third-order valence-electron chi connectivity index (χ3n) is 4.64. The highest BCUT2D eigenvalue weighted by Gasteiger charge is 2.43. The van der Waals surface area contributed by atoms with Crippen LogP contribution < -0.4 is 5.73 Å². The average Bonchev–Trinajstić information content (AvgIpc) is 3.41. The standard InChI is InChI=1S/C14H17N5O3.C8H8O2/c1-9(20)21-6-10-4-5-14(7-15,22-10)12-3-2-11(19-12)13(17)18-8-16;9-8(10)6-7-4-2-1-3-5-7/h2-3,8,10,19H,4-6H2,1H3,(H3,16,17,18);1-5H,6H2,(H,9,10). The molecule has 1 aliphatic rings. The van der Waals surface area contributed by atoms with Crippen LogP contribution in [-0.4, -0.2) is 46.9 Å². The van der Waals surface area contributed by atoms with E-state index in [9.17, 15) is 14.9 Å². The van der Waals surface area contributed by atoms with Gasteiger partial charge in [-0.2, -0.15) is 5.26 Å². The number of rotatable bonds is 7. The first-order chi connectivity index (χ1) is 15.3. The summed E-state index contributed by atoms with van der Waals surface area (Å²) in [7, 11) is 0. The first-order valence-corrected chi connectivity index (χ1v) is 9.80. The van der Waals surface area contributed by atoms with Crippen LogP contribution >= 0.6 is 0 Å². The number of aliphatic imine (C=N–C) groups is 1. The molecule has 0 spiro atoms. The summed E-state index contributed by atoms with van der Waals surface area (Å²) in [6, 6.07) is 14.7. The molecule has 1 aromatic heterocycles. The van der Waals surface area contributed by atoms with Gasteiger partial charge in [-0.05, 0) is 30.5 Å². The summed E-state index contributed by atoms with van der Waals surface area (Å²) >= 11 is 0. The van der Waals surface area contributed by atoms with Crippen molar-refractivity contribution < 1.29 is 24.2 Å². The Bertz CT molecular complexity index is 1010. The van der Waals surface area contributed by atoms with Crippen LogP contribution in [0.2, 0.25) is 0 Å². The minimum atomic E-state index is -1.12. The average molecular weight is 439 g/mol. The van der Waals surface area contributed by atoms with Gasteiger partial charge in [-0.3, -0.25) is 15.0 Å². The third kappa shape index (κ3) is 6.78. The van der Waals surface area contributed by atoms with Crippen molar-refractivity contribution in [1.82, 2.24) is 4.98 Å². The zero-order chi connectivity index (χ0) is 23.6. The first kappa shape index (κ1) is 24.3. The number of nitrogens with one attached hydrogen (secondary N) is 2. The zero-order valence-corrected chi connectivity index (χ0v) is 17.6. The van der Waals surface area contributed by atoms with Gasteiger partial charge in [0.05, 0.1) is 23.9 Å². The van der Waals surface area contributed by atoms with Crippen LogP contribution in [0.15, 0.2) is 47.5 Å². The van der Waals surface area contributed by atoms with E-state index in [1.54, 1.807) is 24.3 Å². The van der Waals surface area contributed by atoms with Gasteiger partial charge in [-0.25, -0.2) is 4.99 Å². The number of H-pyrrole nitrogens is 1. The van der Waals surface area contributed by atoms with Crippen molar-refractivity contribution in [1.29, 1.82) is 10.7 Å². The molecule has 3 rings (SSSR count). The minimum absolute atomic E-state index is 0.112. The molecule has 0 radical (unpaired) electrons. The Hall–Kier alpha value is -3.97. The molecule has 168 valence electrons. The van der Waals surface area contributed by atoms with E-state index in [4.69, 9.17) is 25.7 Å². The molecule has 0 amide bonds. The fraction of sp³-hybridized carbons (Fsp3) is 0.318. The highest BCUT2D eigenvalue weighted by molar-refractivity contribution is 5.99. The smallest absolute Gasteiger partial charge is 0.307 e. The lowest BCUT2D eigenvalue weighted by Gasteiger charge is -2.20. The summed E-state index contributed by atoms with van der Waals surface area (Å²) in [6.45, 7) is 1.46. The number of hydrogen-bond acceptors (Lipinski definition) is 6. The maximum absolute atomic E-state index is 10.8. The number of nitrogens with two attached hydrogens (primary N) is 1. The number of esters is 1. The van der Waals surface area contributed by atoms with Crippen molar-refractivity contribution in [2.24, 2.45) is 10.7 Å². The van der Waals surface area contributed by atoms with E-state index in [1.807, 2.05) is 18.2 Å². The quantitative estimate of drug-likeness (QED) is 0.290. The number of ether oxygens (including phenoxy) is 2. The van der Waals surface area contributed by atoms with Gasteiger partial charge < -0.3 is 25.3 Å². The summed E-state index contributed by atoms with van der Waals surface area (Å²) in [5, 5.41) is 24.8. The fourth-order valence-corrected chi connectivity index (χ4v) is 3.12. The summed E-state index contributed by atoms with van der Waals surface area (Å²) in [4.78, 5) is 27.7. The summed E-state index contributed by atoms with van der Waals surface area (Å²) in [5.41, 5.74) is 6.50. The van der Waals surface area contributed by atoms with Crippen LogP contribution in [0, 0.1) is 16.7 Å². The number of nitrogens with zero attached hydrogens (tertiary/aromatic N) is 2. The Morgan fingerprint density at radius 1 is 1.41 bits per heavy atom. The second-order valence-electron chi connectivity index (χ2n) is 7.01. The van der Waals surface area contributed by atoms with Gasteiger partial charge in [0.1, 0.15) is 24.9 Å². The van der Waals surface area contributed by atoms with Gasteiger partial charge in [0.15, 0.2) is 5.60 Å². The molecule has 2 atom stereocenters. The Balaban J connectivity index is 0.000000303. The maximum atomic E-state index is 10.8. The lowest BCUT2D eigenvalue weighted by molar-refractivity contribution is -0.146. The molecule has 10 heteroatoms. The topological polar surface area (TPSA) is 175 Å². The van der Waals surface area contributed by atoms with Crippen molar-refractivity contribution in [2.45, 2.75) is 37.9 Å². The number of aromatic nitrogens is 1. The molecule has 1 fully saturated rings. The van der Waals surface area contributed by atoms with Gasteiger partial charge >= 0.3 is 11.9 Å². The molecule has 5 N–H and O–H groups in total. The van der Waals surface area contributed by atoms with Gasteiger partial charge in [0.2, 0.25) is 0 Å². The molecule has 1 aromatic carbocycles. The van der Waals surface area contributed by atoms with Crippen LogP contribution in [0.3, 0.4) is 0 Å². The molecule has 1 aliphatic heterocycles. The summed E-state index contributed by atoms with van der Waals surface area (Å²) in [6.07, 6.45) is 1.73. The number of nitriles is 1. The number of carboxylic acids is 1. The van der Waals surface area contributed by atoms with E-state index in [2.05, 4.69) is 16.0 Å². The third-order valence-corrected chi connectivity index (χ3v) is 4.64. The predicted octanol–water partition coefficient (Wildman–Crippen LogP) is 2.10. The number of hydrogen-bond donors (Lipinski definition) is 4. The summed E-state index contributed by atoms with van der Waals surface area (Å²) < 4.78 is 10.7. The van der Waals surface area contributed by atoms with E-state index in [0.717, 1.165) is 11.9 Å². The van der Waals surface area contributed by atoms with Crippen molar-refractivity contribution in [3.63, 3.8) is 0 Å². The molecule has 10 nitrogen and oxygen atoms in total. The molecule has 1 saturated heterocycles. The molecule has 0 bridgehead atoms. The highest BCUT2D eigenvalue weighted by Crippen LogP contribution is 2.38. The Kier molecular flexibility index (Phi) is 8.68. The van der Waals surface area contributed by atoms with Crippen LogP contribution in [0.4, 0.5) is 0 Å². The maximum Gasteiger partial charge on any atom is 0.307 e. The van der Waals surface area contributed by atoms with Gasteiger partial charge in [0.25, 0.3) is 0 Å². The van der Waals surface area contributed by atoms with Crippen molar-refractivity contribution >= 4 is 24.1 Å². The Labute approximate surface area is 185 Å². The molecule has 2 heterocycles. The molecule has 2 aromatic rings. The number of carboxylic acid groups (broad SMARTS) is 1. The van der Waals surface area contributed by atoms with Crippen LogP contribution in [0.5, 0.6) is 0 Å². The lowest BCUT2D eigenvalue weighted by atomic mass is 9.98. The van der Waals surface area contributed by atoms with Crippen LogP contribution in [-0.2, 0) is 31.1 Å². The number of carbonyl (C=O) groups is 2. The summed E-state index contributed by atoms with van der Waals surface area (Å²) in [5.74, 6) is -1.01. The van der Waals surface area contributed by atoms with Gasteiger partial charge in [-0.15, -0.1) is 0 Å². The SMILES string of the molecule is CC(=O)OCC1CCC(C#N)(c2ccc(C(N)=NC=N)[nH]2)O1.O=C(O)Cc1ccccc1. The molecular weight excluding hydrogens is 414 g/mol. The largest absolute Gasteiger partial charge is 0.481 e. The number of amidine groups is 1. The van der Waals surface area contributed by atoms with Gasteiger partial charge in [0, 0.05) is 6.92 Å². The number of benzene rings is 1. The molecule has 32 heavy (non-hydrogen) atoms. The second kappa shape index (κ2) is 11.4. The van der Waals surface area contributed by atoms with E-state index in [-0.39, 0.29) is 30.9 Å². The van der Waals surface area contributed by atoms with E-state index < -0.39 is 11.6 Å². The van der Waals surface area contributed by atoms with Crippen molar-refractivity contribution in [3.05, 3.63) is 59.4 Å². The Morgan fingerprint density at radius 3 is 2.72 bits per heavy atom. The van der Waals surface area contributed by atoms with Crippen molar-refractivity contribution in [2.75, 3.05) is 6.61 Å². The number of aliphatic carboxylic acids is 1. The second-order valence-corrected chi connectivity index (χ2v) is 7.01. The first-order valence-electron chi connectivity index (χ1n) is 9.80. The van der Waals surface area contributed by atoms with E-state index in [1.165, 1.54) is 6.92 Å². The fourth-order valence-electron chi connectivity index (χ4n) is 3.12. The van der Waals surface area contributed by atoms with E-state index >= 15 is 0 Å². The molecule has 2 unspecified atom stereocenters. The Morgan fingerprint density at radius 2 is 2.12 bits per heavy atom. The minimum Gasteiger partial charge on any atom is -0.481 e. The molecule has 0 aliphatic carbocycles. The number of carbonyl (C=O) groups excluding carboxylic acids is 1. The zero-order valence-electron chi connectivity index (χ0n) is 17.6. The monoisotopic (exact) mass is 439 g/mol. The van der Waals surface area contributed by atoms with Gasteiger partial charge in [-0.1, -0.05) is 30.3 Å². The van der Waals surface area contributed by atoms with E-state index in [0.29, 0.717) is 24.2 Å². The highest BCUT2D eigenvalue weighted by atomic mass is 16.6. The molecule has 0 saturated carbocycles. The predicted molar refractivity (Wildman–Crippen MR) is 116 cm³/mol. The number of aromatic amines is 1. The lowest BCUT2D eigenvalue weighted by Crippen LogP contribution is -2.27. The normalized spacial score (nSPS) is 19.9.